The average Bonchev–Trinajstić information content (AvgIpc) is 2.43. The molecule has 142 valence electrons. The molecule has 0 spiro atoms. The first kappa shape index (κ1) is 21.7. The van der Waals surface area contributed by atoms with E-state index in [2.05, 4.69) is 51.3 Å². The molecular formula is C20H35NO3Si. The Morgan fingerprint density at radius 2 is 1.84 bits per heavy atom. The summed E-state index contributed by atoms with van der Waals surface area (Å²) >= 11 is 0. The molecule has 0 atom stereocenters. The average molecular weight is 366 g/mol. The lowest BCUT2D eigenvalue weighted by Crippen LogP contribution is -2.43. The molecule has 5 heteroatoms. The highest BCUT2D eigenvalue weighted by Gasteiger charge is 2.38. The lowest BCUT2D eigenvalue weighted by Gasteiger charge is -2.36. The fourth-order valence-corrected chi connectivity index (χ4v) is 3.09. The number of amides is 1. The van der Waals surface area contributed by atoms with E-state index in [0.717, 1.165) is 17.7 Å². The lowest BCUT2D eigenvalue weighted by molar-refractivity contribution is -0.122. The van der Waals surface area contributed by atoms with Gasteiger partial charge in [-0.25, -0.2) is 0 Å². The second-order valence-electron chi connectivity index (χ2n) is 8.92. The summed E-state index contributed by atoms with van der Waals surface area (Å²) in [6.45, 7) is 15.2. The molecule has 0 unspecified atom stereocenters. The maximum Gasteiger partial charge on any atom is 0.250 e. The zero-order chi connectivity index (χ0) is 19.3. The van der Waals surface area contributed by atoms with Gasteiger partial charge >= 0.3 is 0 Å². The Morgan fingerprint density at radius 1 is 1.20 bits per heavy atom. The number of rotatable bonds is 8. The lowest BCUT2D eigenvalue weighted by atomic mass is 10.0. The molecule has 0 fully saturated rings. The molecule has 0 aliphatic rings. The van der Waals surface area contributed by atoms with Gasteiger partial charge in [0.2, 0.25) is 14.2 Å². The predicted octanol–water partition coefficient (Wildman–Crippen LogP) is 4.28. The molecule has 0 saturated heterocycles. The molecule has 0 saturated carbocycles. The van der Waals surface area contributed by atoms with E-state index in [1.165, 1.54) is 0 Å². The fraction of sp³-hybridized carbons (Fsp3) is 0.650. The Morgan fingerprint density at radius 3 is 2.40 bits per heavy atom. The first-order valence-corrected chi connectivity index (χ1v) is 12.0. The number of hydrogen-bond acceptors (Lipinski definition) is 3. The molecule has 1 aromatic rings. The molecule has 0 aliphatic heterocycles. The summed E-state index contributed by atoms with van der Waals surface area (Å²) in [6.07, 6.45) is 1.58. The van der Waals surface area contributed by atoms with Crippen LogP contribution < -0.4 is 9.74 Å². The summed E-state index contributed by atoms with van der Waals surface area (Å²) < 4.78 is 6.33. The quantitative estimate of drug-likeness (QED) is 0.676. The maximum atomic E-state index is 11.8. The number of nitrogens with one attached hydrogen (secondary N) is 1. The first-order valence-electron chi connectivity index (χ1n) is 9.07. The van der Waals surface area contributed by atoms with E-state index in [1.807, 2.05) is 12.1 Å². The van der Waals surface area contributed by atoms with Gasteiger partial charge in [-0.3, -0.25) is 4.79 Å². The Kier molecular flexibility index (Phi) is 7.26. The SMILES string of the molecule is CC(C)(O)CCC(=O)NCCc1cccc(O[Si](C)(C)C(C)(C)C)c1. The Labute approximate surface area is 154 Å². The van der Waals surface area contributed by atoms with Crippen molar-refractivity contribution in [1.29, 1.82) is 0 Å². The predicted molar refractivity (Wildman–Crippen MR) is 107 cm³/mol. The summed E-state index contributed by atoms with van der Waals surface area (Å²) in [7, 11) is -1.84. The van der Waals surface area contributed by atoms with E-state index in [0.29, 0.717) is 19.4 Å². The molecule has 2 N–H and O–H groups in total. The number of aliphatic hydroxyl groups is 1. The van der Waals surface area contributed by atoms with Gasteiger partial charge in [-0.1, -0.05) is 32.9 Å². The van der Waals surface area contributed by atoms with Gasteiger partial charge in [0.15, 0.2) is 0 Å². The van der Waals surface area contributed by atoms with Crippen LogP contribution in [0.4, 0.5) is 0 Å². The van der Waals surface area contributed by atoms with Crippen LogP contribution in [0.2, 0.25) is 18.1 Å². The van der Waals surface area contributed by atoms with Crippen LogP contribution in [0.3, 0.4) is 0 Å². The summed E-state index contributed by atoms with van der Waals surface area (Å²) in [4.78, 5) is 11.8. The summed E-state index contributed by atoms with van der Waals surface area (Å²) in [6, 6.07) is 8.14. The number of carbonyl (C=O) groups excluding carboxylic acids is 1. The topological polar surface area (TPSA) is 58.6 Å². The second kappa shape index (κ2) is 8.36. The van der Waals surface area contributed by atoms with Crippen molar-refractivity contribution in [2.75, 3.05) is 6.54 Å². The van der Waals surface area contributed by atoms with E-state index in [-0.39, 0.29) is 10.9 Å². The number of benzene rings is 1. The highest BCUT2D eigenvalue weighted by Crippen LogP contribution is 2.37. The molecule has 25 heavy (non-hydrogen) atoms. The smallest absolute Gasteiger partial charge is 0.250 e. The molecule has 1 rings (SSSR count). The molecule has 0 aliphatic carbocycles. The second-order valence-corrected chi connectivity index (χ2v) is 13.6. The van der Waals surface area contributed by atoms with Gasteiger partial charge in [-0.15, -0.1) is 0 Å². The van der Waals surface area contributed by atoms with Crippen LogP contribution in [0.1, 0.15) is 53.0 Å². The molecule has 4 nitrogen and oxygen atoms in total. The van der Waals surface area contributed by atoms with E-state index in [9.17, 15) is 9.90 Å². The molecule has 1 amide bonds. The highest BCUT2D eigenvalue weighted by molar-refractivity contribution is 6.74. The van der Waals surface area contributed by atoms with Crippen LogP contribution in [0, 0.1) is 0 Å². The Hall–Kier alpha value is -1.33. The number of carbonyl (C=O) groups is 1. The van der Waals surface area contributed by atoms with Gasteiger partial charge < -0.3 is 14.8 Å². The third kappa shape index (κ3) is 8.06. The Balaban J connectivity index is 2.52. The minimum Gasteiger partial charge on any atom is -0.543 e. The molecule has 0 aromatic heterocycles. The molecule has 1 aromatic carbocycles. The molecule has 0 heterocycles. The largest absolute Gasteiger partial charge is 0.543 e. The van der Waals surface area contributed by atoms with Gasteiger partial charge in [0.25, 0.3) is 0 Å². The van der Waals surface area contributed by atoms with Crippen molar-refractivity contribution in [3.63, 3.8) is 0 Å². The normalized spacial score (nSPS) is 12.8. The van der Waals surface area contributed by atoms with Crippen molar-refractivity contribution < 1.29 is 14.3 Å². The summed E-state index contributed by atoms with van der Waals surface area (Å²) in [5.74, 6) is 0.897. The van der Waals surface area contributed by atoms with Crippen LogP contribution in [0.25, 0.3) is 0 Å². The molecular weight excluding hydrogens is 330 g/mol. The van der Waals surface area contributed by atoms with E-state index >= 15 is 0 Å². The Bertz CT molecular complexity index is 571. The van der Waals surface area contributed by atoms with Gasteiger partial charge in [0, 0.05) is 13.0 Å². The van der Waals surface area contributed by atoms with Crippen LogP contribution >= 0.6 is 0 Å². The first-order chi connectivity index (χ1) is 11.3. The third-order valence-electron chi connectivity index (χ3n) is 4.78. The van der Waals surface area contributed by atoms with Crippen molar-refractivity contribution in [3.8, 4) is 5.75 Å². The van der Waals surface area contributed by atoms with Crippen LogP contribution in [-0.4, -0.2) is 31.5 Å². The van der Waals surface area contributed by atoms with Gasteiger partial charge in [0.05, 0.1) is 5.60 Å². The van der Waals surface area contributed by atoms with Gasteiger partial charge in [0.1, 0.15) is 5.75 Å². The van der Waals surface area contributed by atoms with Gasteiger partial charge in [-0.2, -0.15) is 0 Å². The zero-order valence-corrected chi connectivity index (χ0v) is 17.9. The molecule has 0 bridgehead atoms. The van der Waals surface area contributed by atoms with Gasteiger partial charge in [-0.05, 0) is 62.5 Å². The highest BCUT2D eigenvalue weighted by atomic mass is 28.4. The van der Waals surface area contributed by atoms with Crippen molar-refractivity contribution in [3.05, 3.63) is 29.8 Å². The third-order valence-corrected chi connectivity index (χ3v) is 9.14. The minimum absolute atomic E-state index is 0.0178. The van der Waals surface area contributed by atoms with Crippen LogP contribution in [-0.2, 0) is 11.2 Å². The van der Waals surface area contributed by atoms with E-state index in [4.69, 9.17) is 4.43 Å². The van der Waals surface area contributed by atoms with Crippen molar-refractivity contribution in [2.24, 2.45) is 0 Å². The van der Waals surface area contributed by atoms with Crippen molar-refractivity contribution in [1.82, 2.24) is 5.32 Å². The van der Waals surface area contributed by atoms with Crippen molar-refractivity contribution >= 4 is 14.2 Å². The number of hydrogen-bond donors (Lipinski definition) is 2. The summed E-state index contributed by atoms with van der Waals surface area (Å²) in [5, 5.41) is 12.7. The standard InChI is InChI=1S/C20H35NO3Si/c1-19(2,3)25(6,7)24-17-10-8-9-16(15-17)12-14-21-18(22)11-13-20(4,5)23/h8-10,15,23H,11-14H2,1-7H3,(H,21,22). The van der Waals surface area contributed by atoms with Crippen molar-refractivity contribution in [2.45, 2.75) is 77.6 Å². The monoisotopic (exact) mass is 365 g/mol. The summed E-state index contributed by atoms with van der Waals surface area (Å²) in [5.41, 5.74) is 0.353. The van der Waals surface area contributed by atoms with E-state index < -0.39 is 13.9 Å². The fourth-order valence-electron chi connectivity index (χ4n) is 2.07. The van der Waals surface area contributed by atoms with E-state index in [1.54, 1.807) is 13.8 Å². The maximum absolute atomic E-state index is 11.8. The molecule has 0 radical (unpaired) electrons. The van der Waals surface area contributed by atoms with Crippen LogP contribution in [0.5, 0.6) is 5.75 Å². The minimum atomic E-state index is -1.84. The zero-order valence-electron chi connectivity index (χ0n) is 16.9. The van der Waals surface area contributed by atoms with Crippen LogP contribution in [0.15, 0.2) is 24.3 Å².